The van der Waals surface area contributed by atoms with Gasteiger partial charge in [0, 0.05) is 37.6 Å². The minimum atomic E-state index is -1.13. The van der Waals surface area contributed by atoms with E-state index in [0.29, 0.717) is 51.2 Å². The molecule has 0 radical (unpaired) electrons. The van der Waals surface area contributed by atoms with Crippen LogP contribution in [0.15, 0.2) is 107 Å². The van der Waals surface area contributed by atoms with E-state index in [-0.39, 0.29) is 22.5 Å². The zero-order chi connectivity index (χ0) is 40.1. The average molecular weight is 825 g/mol. The second kappa shape index (κ2) is 20.2. The van der Waals surface area contributed by atoms with Crippen molar-refractivity contribution in [3.05, 3.63) is 172 Å². The van der Waals surface area contributed by atoms with Gasteiger partial charge in [-0.05, 0) is 97.5 Å². The molecular formula is C38H34Cl4N8O5. The van der Waals surface area contributed by atoms with Crippen LogP contribution >= 0.6 is 46.4 Å². The first-order valence-corrected chi connectivity index (χ1v) is 18.0. The third-order valence-corrected chi connectivity index (χ3v) is 8.96. The first-order valence-electron chi connectivity index (χ1n) is 16.5. The summed E-state index contributed by atoms with van der Waals surface area (Å²) < 4.78 is 2.33. The van der Waals surface area contributed by atoms with Crippen LogP contribution in [-0.4, -0.2) is 46.5 Å². The first-order chi connectivity index (χ1) is 26.3. The predicted molar refractivity (Wildman–Crippen MR) is 215 cm³/mol. The quantitative estimate of drug-likeness (QED) is 0.133. The summed E-state index contributed by atoms with van der Waals surface area (Å²) in [6, 6.07) is 23.5. The van der Waals surface area contributed by atoms with Crippen molar-refractivity contribution >= 4 is 69.9 Å². The molecule has 17 heteroatoms. The molecule has 6 aromatic rings. The summed E-state index contributed by atoms with van der Waals surface area (Å²) in [7, 11) is 0. The number of aromatic nitrogens is 6. The largest absolute Gasteiger partial charge is 0.476 e. The van der Waals surface area contributed by atoms with Crippen LogP contribution < -0.4 is 22.2 Å². The number of nitrogens with two attached hydrogens (primary N) is 1. The van der Waals surface area contributed by atoms with Gasteiger partial charge in [-0.25, -0.2) is 24.1 Å². The van der Waals surface area contributed by atoms with Gasteiger partial charge in [0.15, 0.2) is 5.69 Å². The van der Waals surface area contributed by atoms with E-state index >= 15 is 0 Å². The number of hydrogen-bond acceptors (Lipinski definition) is 9. The molecule has 4 N–H and O–H groups in total. The van der Waals surface area contributed by atoms with Crippen LogP contribution in [0.1, 0.15) is 57.1 Å². The predicted octanol–water partition coefficient (Wildman–Crippen LogP) is 7.33. The first kappa shape index (κ1) is 42.1. The third kappa shape index (κ3) is 12.8. The van der Waals surface area contributed by atoms with Gasteiger partial charge in [-0.2, -0.15) is 10.2 Å². The lowest BCUT2D eigenvalue weighted by atomic mass is 10.1. The Morgan fingerprint density at radius 2 is 1.11 bits per heavy atom. The van der Waals surface area contributed by atoms with Gasteiger partial charge < -0.3 is 16.2 Å². The number of hydrogen-bond donors (Lipinski definition) is 3. The zero-order valence-electron chi connectivity index (χ0n) is 29.4. The summed E-state index contributed by atoms with van der Waals surface area (Å²) >= 11 is 23.7. The number of rotatable bonds is 9. The molecule has 2 aromatic carbocycles. The summed E-state index contributed by atoms with van der Waals surface area (Å²) in [4.78, 5) is 53.5. The molecule has 0 aliphatic carbocycles. The molecule has 0 spiro atoms. The standard InChI is InChI=1S/C19H16Cl2N4O2.C12H10Cl2N2.C7H8N2O3/c1-2-25-18(26)8-6-16(24-25)19(27)23-17-7-4-13(11-22-17)9-12-3-5-14(20)15(21)10-12;13-10-3-1-8(6-11(10)14)5-9-2-4-12(15)16-7-9;1-2-9-6(10)4-3-5(8-9)7(11)12/h3-8,10-11H,2,9H2,1H3,(H,22,23,27);1-4,6-7H,5H2,(H2,15,16);3-4H,2H2,1H3,(H,11,12). The van der Waals surface area contributed by atoms with Crippen molar-refractivity contribution in [1.82, 2.24) is 29.5 Å². The van der Waals surface area contributed by atoms with Crippen molar-refractivity contribution in [3.8, 4) is 0 Å². The number of carboxylic acids is 1. The molecule has 0 aliphatic rings. The van der Waals surface area contributed by atoms with E-state index in [2.05, 4.69) is 25.5 Å². The van der Waals surface area contributed by atoms with Crippen LogP contribution in [-0.2, 0) is 25.9 Å². The minimum absolute atomic E-state index is 0.114. The highest BCUT2D eigenvalue weighted by Crippen LogP contribution is 2.25. The molecule has 0 unspecified atom stereocenters. The molecule has 55 heavy (non-hydrogen) atoms. The number of nitrogens with one attached hydrogen (secondary N) is 1. The summed E-state index contributed by atoms with van der Waals surface area (Å²) in [5, 5.41) is 21.0. The smallest absolute Gasteiger partial charge is 0.356 e. The average Bonchev–Trinajstić information content (AvgIpc) is 3.17. The van der Waals surface area contributed by atoms with Crippen LogP contribution in [0.5, 0.6) is 0 Å². The molecule has 284 valence electrons. The maximum atomic E-state index is 12.3. The molecule has 0 saturated carbocycles. The number of carboxylic acid groups (broad SMARTS) is 1. The summed E-state index contributed by atoms with van der Waals surface area (Å²) in [5.74, 6) is -0.633. The Morgan fingerprint density at radius 1 is 0.636 bits per heavy atom. The Kier molecular flexibility index (Phi) is 15.5. The monoisotopic (exact) mass is 822 g/mol. The Hall–Kier alpha value is -5.60. The number of nitrogen functional groups attached to an aromatic ring is 1. The lowest BCUT2D eigenvalue weighted by Crippen LogP contribution is -2.25. The van der Waals surface area contributed by atoms with E-state index in [0.717, 1.165) is 33.4 Å². The number of nitrogens with zero attached hydrogens (tertiary/aromatic N) is 6. The van der Waals surface area contributed by atoms with E-state index in [4.69, 9.17) is 57.2 Å². The SMILES string of the molecule is CCn1nc(C(=O)Nc2ccc(Cc3ccc(Cl)c(Cl)c3)cn2)ccc1=O.CCn1nc(C(=O)O)ccc1=O.Nc1ccc(Cc2ccc(Cl)c(Cl)c2)cn1. The fourth-order valence-corrected chi connectivity index (χ4v) is 5.32. The Morgan fingerprint density at radius 3 is 1.55 bits per heavy atom. The number of halogens is 4. The molecule has 4 aromatic heterocycles. The number of anilines is 2. The van der Waals surface area contributed by atoms with Gasteiger partial charge in [-0.3, -0.25) is 14.4 Å². The number of amides is 1. The molecule has 4 heterocycles. The van der Waals surface area contributed by atoms with Crippen LogP contribution in [0.2, 0.25) is 20.1 Å². The van der Waals surface area contributed by atoms with Gasteiger partial charge in [-0.1, -0.05) is 70.7 Å². The molecule has 0 saturated heterocycles. The molecule has 0 fully saturated rings. The maximum absolute atomic E-state index is 12.3. The molecule has 13 nitrogen and oxygen atoms in total. The molecule has 6 rings (SSSR count). The Bertz CT molecular complexity index is 2390. The zero-order valence-corrected chi connectivity index (χ0v) is 32.4. The highest BCUT2D eigenvalue weighted by Gasteiger charge is 2.11. The lowest BCUT2D eigenvalue weighted by molar-refractivity contribution is 0.0687. The van der Waals surface area contributed by atoms with Crippen molar-refractivity contribution in [2.24, 2.45) is 0 Å². The minimum Gasteiger partial charge on any atom is -0.476 e. The summed E-state index contributed by atoms with van der Waals surface area (Å²) in [6.07, 6.45) is 4.85. The molecule has 0 bridgehead atoms. The van der Waals surface area contributed by atoms with Gasteiger partial charge in [0.05, 0.1) is 20.1 Å². The maximum Gasteiger partial charge on any atom is 0.356 e. The van der Waals surface area contributed by atoms with Crippen LogP contribution in [0.4, 0.5) is 11.6 Å². The highest BCUT2D eigenvalue weighted by atomic mass is 35.5. The number of benzene rings is 2. The fourth-order valence-electron chi connectivity index (χ4n) is 4.68. The van der Waals surface area contributed by atoms with E-state index < -0.39 is 11.9 Å². The van der Waals surface area contributed by atoms with Crippen LogP contribution in [0.3, 0.4) is 0 Å². The number of aryl methyl sites for hydroxylation is 2. The number of aromatic carboxylic acids is 1. The fraction of sp³-hybridized carbons (Fsp3) is 0.158. The van der Waals surface area contributed by atoms with Crippen molar-refractivity contribution in [2.75, 3.05) is 11.1 Å². The molecule has 0 aliphatic heterocycles. The van der Waals surface area contributed by atoms with Gasteiger partial charge in [-0.15, -0.1) is 0 Å². The van der Waals surface area contributed by atoms with Gasteiger partial charge in [0.1, 0.15) is 17.3 Å². The van der Waals surface area contributed by atoms with Crippen LogP contribution in [0.25, 0.3) is 0 Å². The number of carbonyl (C=O) groups excluding carboxylic acids is 1. The Balaban J connectivity index is 0.000000203. The normalized spacial score (nSPS) is 10.4. The second-order valence-corrected chi connectivity index (χ2v) is 13.1. The summed E-state index contributed by atoms with van der Waals surface area (Å²) in [5.41, 5.74) is 9.17. The Labute approximate surface area is 335 Å². The van der Waals surface area contributed by atoms with Gasteiger partial charge in [0.2, 0.25) is 0 Å². The topological polar surface area (TPSA) is 188 Å². The van der Waals surface area contributed by atoms with Crippen molar-refractivity contribution in [1.29, 1.82) is 0 Å². The molecular weight excluding hydrogens is 790 g/mol. The van der Waals surface area contributed by atoms with E-state index in [1.807, 2.05) is 36.4 Å². The molecule has 1 amide bonds. The lowest BCUT2D eigenvalue weighted by Gasteiger charge is -2.07. The number of carbonyl (C=O) groups is 2. The highest BCUT2D eigenvalue weighted by molar-refractivity contribution is 6.42. The number of pyridine rings is 2. The third-order valence-electron chi connectivity index (χ3n) is 7.48. The van der Waals surface area contributed by atoms with Gasteiger partial charge in [0.25, 0.3) is 17.0 Å². The van der Waals surface area contributed by atoms with Crippen molar-refractivity contribution < 1.29 is 14.7 Å². The van der Waals surface area contributed by atoms with E-state index in [1.165, 1.54) is 28.9 Å². The van der Waals surface area contributed by atoms with Crippen LogP contribution in [0, 0.1) is 0 Å². The van der Waals surface area contributed by atoms with Crippen molar-refractivity contribution in [2.45, 2.75) is 39.8 Å². The second-order valence-electron chi connectivity index (χ2n) is 11.5. The van der Waals surface area contributed by atoms with E-state index in [9.17, 15) is 19.2 Å². The van der Waals surface area contributed by atoms with Crippen molar-refractivity contribution in [3.63, 3.8) is 0 Å². The van der Waals surface area contributed by atoms with Gasteiger partial charge >= 0.3 is 5.97 Å². The molecule has 0 atom stereocenters. The summed E-state index contributed by atoms with van der Waals surface area (Å²) in [6.45, 7) is 4.27. The van der Waals surface area contributed by atoms with E-state index in [1.54, 1.807) is 50.5 Å².